The molecule has 7 heteroatoms. The highest BCUT2D eigenvalue weighted by molar-refractivity contribution is 7.03. The SMILES string of the molecule is CC(CNC(=O)c1csnn1)C(=O)O. The Balaban J connectivity index is 2.40. The predicted octanol–water partition coefficient (Wildman–Crippen LogP) is -0.0114. The Morgan fingerprint density at radius 1 is 1.71 bits per heavy atom. The summed E-state index contributed by atoms with van der Waals surface area (Å²) >= 11 is 1.07. The highest BCUT2D eigenvalue weighted by Crippen LogP contribution is 1.97. The van der Waals surface area contributed by atoms with Gasteiger partial charge in [0.1, 0.15) is 0 Å². The van der Waals surface area contributed by atoms with Crippen molar-refractivity contribution in [2.24, 2.45) is 5.92 Å². The monoisotopic (exact) mass is 215 g/mol. The Morgan fingerprint density at radius 2 is 2.43 bits per heavy atom. The molecule has 0 radical (unpaired) electrons. The number of aromatic nitrogens is 2. The number of carboxylic acid groups (broad SMARTS) is 1. The molecule has 76 valence electrons. The van der Waals surface area contributed by atoms with Crippen molar-refractivity contribution in [3.8, 4) is 0 Å². The second-order valence-electron chi connectivity index (χ2n) is 2.74. The highest BCUT2D eigenvalue weighted by Gasteiger charge is 2.14. The highest BCUT2D eigenvalue weighted by atomic mass is 32.1. The normalized spacial score (nSPS) is 12.1. The Morgan fingerprint density at radius 3 is 2.93 bits per heavy atom. The van der Waals surface area contributed by atoms with Crippen LogP contribution < -0.4 is 5.32 Å². The van der Waals surface area contributed by atoms with Crippen LogP contribution >= 0.6 is 11.5 Å². The van der Waals surface area contributed by atoms with Gasteiger partial charge in [0, 0.05) is 11.9 Å². The lowest BCUT2D eigenvalue weighted by Gasteiger charge is -2.06. The van der Waals surface area contributed by atoms with E-state index >= 15 is 0 Å². The minimum absolute atomic E-state index is 0.0890. The van der Waals surface area contributed by atoms with Crippen molar-refractivity contribution in [3.05, 3.63) is 11.1 Å². The van der Waals surface area contributed by atoms with Crippen LogP contribution in [0.4, 0.5) is 0 Å². The van der Waals surface area contributed by atoms with Gasteiger partial charge in [-0.2, -0.15) is 0 Å². The maximum Gasteiger partial charge on any atom is 0.308 e. The van der Waals surface area contributed by atoms with E-state index in [0.717, 1.165) is 11.5 Å². The van der Waals surface area contributed by atoms with E-state index in [1.165, 1.54) is 12.3 Å². The first-order valence-electron chi connectivity index (χ1n) is 3.89. The molecule has 2 N–H and O–H groups in total. The maximum atomic E-state index is 11.2. The van der Waals surface area contributed by atoms with E-state index < -0.39 is 17.8 Å². The van der Waals surface area contributed by atoms with E-state index in [1.807, 2.05) is 0 Å². The van der Waals surface area contributed by atoms with Gasteiger partial charge in [0.05, 0.1) is 5.92 Å². The van der Waals surface area contributed by atoms with Gasteiger partial charge >= 0.3 is 5.97 Å². The second-order valence-corrected chi connectivity index (χ2v) is 3.35. The molecule has 1 rings (SSSR count). The molecule has 6 nitrogen and oxygen atoms in total. The van der Waals surface area contributed by atoms with Crippen LogP contribution in [0.5, 0.6) is 0 Å². The van der Waals surface area contributed by atoms with Crippen LogP contribution in [0.25, 0.3) is 0 Å². The van der Waals surface area contributed by atoms with Crippen LogP contribution in [0.1, 0.15) is 17.4 Å². The van der Waals surface area contributed by atoms with E-state index in [9.17, 15) is 9.59 Å². The smallest absolute Gasteiger partial charge is 0.308 e. The summed E-state index contributed by atoms with van der Waals surface area (Å²) < 4.78 is 3.52. The minimum atomic E-state index is -0.943. The first-order chi connectivity index (χ1) is 6.61. The summed E-state index contributed by atoms with van der Waals surface area (Å²) in [7, 11) is 0. The van der Waals surface area contributed by atoms with E-state index in [1.54, 1.807) is 0 Å². The van der Waals surface area contributed by atoms with Gasteiger partial charge < -0.3 is 10.4 Å². The van der Waals surface area contributed by atoms with Crippen LogP contribution in [0.2, 0.25) is 0 Å². The number of hydrogen-bond acceptors (Lipinski definition) is 5. The summed E-state index contributed by atoms with van der Waals surface area (Å²) in [5.41, 5.74) is 0.215. The van der Waals surface area contributed by atoms with Gasteiger partial charge in [-0.3, -0.25) is 9.59 Å². The molecule has 0 aromatic carbocycles. The standard InChI is InChI=1S/C7H9N3O3S/c1-4(7(12)13)2-8-6(11)5-3-14-10-9-5/h3-4H,2H2,1H3,(H,8,11)(H,12,13). The number of nitrogens with one attached hydrogen (secondary N) is 1. The van der Waals surface area contributed by atoms with E-state index in [4.69, 9.17) is 5.11 Å². The third kappa shape index (κ3) is 2.77. The maximum absolute atomic E-state index is 11.2. The molecule has 1 atom stereocenters. The summed E-state index contributed by atoms with van der Waals surface area (Å²) in [5, 5.41) is 16.0. The van der Waals surface area contributed by atoms with Crippen molar-refractivity contribution in [3.63, 3.8) is 0 Å². The number of nitrogens with zero attached hydrogens (tertiary/aromatic N) is 2. The largest absolute Gasteiger partial charge is 0.481 e. The Labute approximate surface area is 84.1 Å². The molecule has 1 amide bonds. The average molecular weight is 215 g/mol. The Bertz CT molecular complexity index is 325. The molecule has 1 aromatic rings. The van der Waals surface area contributed by atoms with Crippen LogP contribution in [-0.2, 0) is 4.79 Å². The minimum Gasteiger partial charge on any atom is -0.481 e. The van der Waals surface area contributed by atoms with Crippen LogP contribution in [-0.4, -0.2) is 33.1 Å². The molecule has 0 fully saturated rings. The zero-order valence-electron chi connectivity index (χ0n) is 7.43. The van der Waals surface area contributed by atoms with E-state index in [2.05, 4.69) is 14.9 Å². The quantitative estimate of drug-likeness (QED) is 0.736. The van der Waals surface area contributed by atoms with Gasteiger partial charge in [0.25, 0.3) is 5.91 Å². The number of carbonyl (C=O) groups excluding carboxylic acids is 1. The summed E-state index contributed by atoms with van der Waals surface area (Å²) in [6, 6.07) is 0. The Kier molecular flexibility index (Phi) is 3.52. The molecular weight excluding hydrogens is 206 g/mol. The molecular formula is C7H9N3O3S. The summed E-state index contributed by atoms with van der Waals surface area (Å²) in [4.78, 5) is 21.7. The molecule has 0 saturated heterocycles. The fourth-order valence-electron chi connectivity index (χ4n) is 0.687. The topological polar surface area (TPSA) is 92.2 Å². The molecule has 0 aliphatic rings. The van der Waals surface area contributed by atoms with Crippen molar-refractivity contribution in [2.45, 2.75) is 6.92 Å². The fraction of sp³-hybridized carbons (Fsp3) is 0.429. The number of aliphatic carboxylic acids is 1. The van der Waals surface area contributed by atoms with Crippen molar-refractivity contribution in [1.29, 1.82) is 0 Å². The van der Waals surface area contributed by atoms with Gasteiger partial charge in [-0.15, -0.1) is 5.10 Å². The van der Waals surface area contributed by atoms with Crippen molar-refractivity contribution in [1.82, 2.24) is 14.9 Å². The zero-order chi connectivity index (χ0) is 10.6. The predicted molar refractivity (Wildman–Crippen MR) is 49.0 cm³/mol. The van der Waals surface area contributed by atoms with E-state index in [0.29, 0.717) is 0 Å². The second kappa shape index (κ2) is 4.66. The van der Waals surface area contributed by atoms with Crippen LogP contribution in [0.3, 0.4) is 0 Å². The average Bonchev–Trinajstić information content (AvgIpc) is 2.66. The molecule has 1 aromatic heterocycles. The number of rotatable bonds is 4. The number of hydrogen-bond donors (Lipinski definition) is 2. The molecule has 0 aliphatic carbocycles. The van der Waals surface area contributed by atoms with Crippen molar-refractivity contribution < 1.29 is 14.7 Å². The van der Waals surface area contributed by atoms with E-state index in [-0.39, 0.29) is 12.2 Å². The zero-order valence-corrected chi connectivity index (χ0v) is 8.24. The number of amides is 1. The van der Waals surface area contributed by atoms with Gasteiger partial charge in [-0.25, -0.2) is 0 Å². The molecule has 1 heterocycles. The molecule has 0 bridgehead atoms. The third-order valence-corrected chi connectivity index (χ3v) is 2.09. The fourth-order valence-corrected chi connectivity index (χ4v) is 1.12. The summed E-state index contributed by atoms with van der Waals surface area (Å²) in [6.45, 7) is 1.60. The lowest BCUT2D eigenvalue weighted by atomic mass is 10.2. The molecule has 0 aliphatic heterocycles. The summed E-state index contributed by atoms with van der Waals surface area (Å²) in [6.07, 6.45) is 0. The molecule has 1 unspecified atom stereocenters. The number of carboxylic acids is 1. The van der Waals surface area contributed by atoms with Crippen molar-refractivity contribution >= 4 is 23.4 Å². The lowest BCUT2D eigenvalue weighted by molar-refractivity contribution is -0.140. The molecule has 0 spiro atoms. The summed E-state index contributed by atoms with van der Waals surface area (Å²) in [5.74, 6) is -1.95. The van der Waals surface area contributed by atoms with Gasteiger partial charge in [-0.1, -0.05) is 11.4 Å². The number of carbonyl (C=O) groups is 2. The van der Waals surface area contributed by atoms with Gasteiger partial charge in [0.2, 0.25) is 0 Å². The van der Waals surface area contributed by atoms with Gasteiger partial charge in [-0.05, 0) is 11.5 Å². The first-order valence-corrected chi connectivity index (χ1v) is 4.73. The van der Waals surface area contributed by atoms with Crippen LogP contribution in [0, 0.1) is 5.92 Å². The van der Waals surface area contributed by atoms with Crippen LogP contribution in [0.15, 0.2) is 5.38 Å². The van der Waals surface area contributed by atoms with Gasteiger partial charge in [0.15, 0.2) is 5.69 Å². The first kappa shape index (κ1) is 10.6. The molecule has 14 heavy (non-hydrogen) atoms. The lowest BCUT2D eigenvalue weighted by Crippen LogP contribution is -2.31. The van der Waals surface area contributed by atoms with Crippen molar-refractivity contribution in [2.75, 3.05) is 6.54 Å². The molecule has 0 saturated carbocycles. The third-order valence-electron chi connectivity index (χ3n) is 1.58. The Hall–Kier alpha value is -1.50.